The Balaban J connectivity index is 1.57. The number of nitrogens with one attached hydrogen (secondary N) is 1. The Bertz CT molecular complexity index is 1340. The van der Waals surface area contributed by atoms with Crippen LogP contribution in [0.25, 0.3) is 10.8 Å². The molecule has 1 aliphatic heterocycles. The van der Waals surface area contributed by atoms with Crippen LogP contribution in [0.5, 0.6) is 0 Å². The van der Waals surface area contributed by atoms with E-state index in [-0.39, 0.29) is 24.2 Å². The van der Waals surface area contributed by atoms with Crippen LogP contribution in [-0.2, 0) is 6.54 Å². The van der Waals surface area contributed by atoms with Crippen LogP contribution in [0.4, 0.5) is 11.5 Å². The van der Waals surface area contributed by atoms with Crippen molar-refractivity contribution in [1.82, 2.24) is 14.5 Å². The molecule has 0 saturated carbocycles. The number of nitrogens with zero attached hydrogens (tertiary/aromatic N) is 5. The Kier molecular flexibility index (Phi) is 7.42. The van der Waals surface area contributed by atoms with E-state index >= 15 is 0 Å². The average Bonchev–Trinajstić information content (AvgIpc) is 3.23. The first-order valence-corrected chi connectivity index (χ1v) is 12.2. The van der Waals surface area contributed by atoms with E-state index in [0.29, 0.717) is 40.3 Å². The maximum Gasteiger partial charge on any atom is 0.343 e. The number of unbranched alkanes of at least 4 members (excludes halogenated alkanes) is 4. The molecule has 1 aliphatic rings. The number of amides is 2. The summed E-state index contributed by atoms with van der Waals surface area (Å²) in [6.45, 7) is 6.22. The lowest BCUT2D eigenvalue weighted by atomic mass is 9.93. The normalized spacial score (nSPS) is 13.5. The maximum atomic E-state index is 13.2. The molecule has 36 heavy (non-hydrogen) atoms. The summed E-state index contributed by atoms with van der Waals surface area (Å²) in [7, 11) is 0. The topological polar surface area (TPSA) is 123 Å². The number of hydrazone groups is 1. The number of nitro groups is 1. The molecule has 0 saturated heterocycles. The number of imidazole rings is 1. The van der Waals surface area contributed by atoms with Crippen molar-refractivity contribution >= 4 is 39.8 Å². The van der Waals surface area contributed by atoms with E-state index in [0.717, 1.165) is 37.5 Å². The van der Waals surface area contributed by atoms with Gasteiger partial charge in [-0.15, -0.1) is 0 Å². The number of carbonyl (C=O) groups excluding carboxylic acids is 2. The zero-order valence-corrected chi connectivity index (χ0v) is 20.8. The minimum atomic E-state index is -0.477. The molecule has 188 valence electrons. The quantitative estimate of drug-likeness (QED) is 0.128. The summed E-state index contributed by atoms with van der Waals surface area (Å²) in [4.78, 5) is 42.5. The molecular weight excluding hydrogens is 460 g/mol. The van der Waals surface area contributed by atoms with Crippen molar-refractivity contribution in [2.45, 2.75) is 59.4 Å². The van der Waals surface area contributed by atoms with Crippen molar-refractivity contribution in [3.05, 3.63) is 63.6 Å². The second kappa shape index (κ2) is 10.7. The first kappa shape index (κ1) is 25.0. The first-order valence-electron chi connectivity index (χ1n) is 12.2. The summed E-state index contributed by atoms with van der Waals surface area (Å²) in [5.74, 6) is -0.123. The predicted octanol–water partition coefficient (Wildman–Crippen LogP) is 5.31. The number of carbonyl (C=O) groups is 2. The van der Waals surface area contributed by atoms with Gasteiger partial charge in [-0.05, 0) is 36.5 Å². The summed E-state index contributed by atoms with van der Waals surface area (Å²) in [5, 5.41) is 17.0. The van der Waals surface area contributed by atoms with Gasteiger partial charge in [0.05, 0.1) is 11.4 Å². The molecule has 10 heteroatoms. The highest BCUT2D eigenvalue weighted by Crippen LogP contribution is 2.34. The average molecular weight is 491 g/mol. The third kappa shape index (κ3) is 4.84. The van der Waals surface area contributed by atoms with E-state index in [1.807, 2.05) is 6.07 Å². The highest BCUT2D eigenvalue weighted by atomic mass is 16.6. The zero-order valence-electron chi connectivity index (χ0n) is 20.8. The van der Waals surface area contributed by atoms with Gasteiger partial charge in [0.25, 0.3) is 11.8 Å². The number of rotatable bonds is 11. The zero-order chi connectivity index (χ0) is 25.8. The van der Waals surface area contributed by atoms with Gasteiger partial charge in [0, 0.05) is 35.4 Å². The lowest BCUT2D eigenvalue weighted by molar-refractivity contribution is -0.392. The van der Waals surface area contributed by atoms with E-state index in [4.69, 9.17) is 0 Å². The minimum Gasteiger partial charge on any atom is -0.358 e. The molecule has 0 bridgehead atoms. The van der Waals surface area contributed by atoms with Crippen molar-refractivity contribution in [2.75, 3.05) is 12.0 Å². The second-order valence-electron chi connectivity index (χ2n) is 9.03. The minimum absolute atomic E-state index is 0.101. The van der Waals surface area contributed by atoms with Crippen LogP contribution in [0.1, 0.15) is 72.5 Å². The summed E-state index contributed by atoms with van der Waals surface area (Å²) in [6, 6.07) is 8.90. The molecule has 10 nitrogen and oxygen atoms in total. The van der Waals surface area contributed by atoms with Crippen LogP contribution in [0, 0.1) is 17.0 Å². The molecule has 4 rings (SSSR count). The Morgan fingerprint density at radius 1 is 1.08 bits per heavy atom. The molecule has 1 aromatic heterocycles. The van der Waals surface area contributed by atoms with E-state index in [1.54, 1.807) is 38.1 Å². The van der Waals surface area contributed by atoms with Crippen molar-refractivity contribution in [3.8, 4) is 0 Å². The number of hydrogen-bond acceptors (Lipinski definition) is 7. The van der Waals surface area contributed by atoms with Crippen molar-refractivity contribution in [1.29, 1.82) is 0 Å². The summed E-state index contributed by atoms with van der Waals surface area (Å²) in [5.41, 5.74) is 5.26. The van der Waals surface area contributed by atoms with Gasteiger partial charge in [0.2, 0.25) is 0 Å². The molecule has 2 aromatic carbocycles. The molecule has 0 fully saturated rings. The van der Waals surface area contributed by atoms with Crippen molar-refractivity contribution in [2.24, 2.45) is 5.10 Å². The SMILES string of the molecule is CCCCCCCN1C(=O)c2cccc3c(N/N=C(\C)Cn4c([N+](=O)[O-])cnc4C)ccc(c23)C1=O. The highest BCUT2D eigenvalue weighted by molar-refractivity contribution is 6.26. The predicted molar refractivity (Wildman–Crippen MR) is 138 cm³/mol. The first-order chi connectivity index (χ1) is 17.3. The monoisotopic (exact) mass is 490 g/mol. The molecular formula is C26H30N6O4. The lowest BCUT2D eigenvalue weighted by Crippen LogP contribution is -2.40. The Labute approximate surface area is 209 Å². The Morgan fingerprint density at radius 2 is 1.81 bits per heavy atom. The molecule has 0 spiro atoms. The fraction of sp³-hybridized carbons (Fsp3) is 0.385. The van der Waals surface area contributed by atoms with Crippen LogP contribution in [0.2, 0.25) is 0 Å². The maximum absolute atomic E-state index is 13.2. The van der Waals surface area contributed by atoms with Gasteiger partial charge in [-0.1, -0.05) is 44.7 Å². The standard InChI is InChI=1S/C26H30N6O4/c1-4-5-6-7-8-14-30-25(33)20-11-9-10-19-22(13-12-21(24(19)20)26(30)34)29-28-17(2)16-31-18(3)27-15-23(31)32(35)36/h9-13,15,29H,4-8,14,16H2,1-3H3/b28-17+. The van der Waals surface area contributed by atoms with Crippen LogP contribution in [0.15, 0.2) is 41.6 Å². The van der Waals surface area contributed by atoms with Crippen molar-refractivity contribution in [3.63, 3.8) is 0 Å². The third-order valence-electron chi connectivity index (χ3n) is 6.45. The highest BCUT2D eigenvalue weighted by Gasteiger charge is 2.32. The number of benzene rings is 2. The fourth-order valence-corrected chi connectivity index (χ4v) is 4.54. The molecule has 3 aromatic rings. The van der Waals surface area contributed by atoms with Gasteiger partial charge >= 0.3 is 5.82 Å². The van der Waals surface area contributed by atoms with Gasteiger partial charge in [-0.25, -0.2) is 9.55 Å². The van der Waals surface area contributed by atoms with Gasteiger partial charge < -0.3 is 10.1 Å². The fourth-order valence-electron chi connectivity index (χ4n) is 4.54. The number of hydrogen-bond donors (Lipinski definition) is 1. The Morgan fingerprint density at radius 3 is 2.53 bits per heavy atom. The lowest BCUT2D eigenvalue weighted by Gasteiger charge is -2.27. The summed E-state index contributed by atoms with van der Waals surface area (Å²) in [6.07, 6.45) is 6.40. The second-order valence-corrected chi connectivity index (χ2v) is 9.03. The molecule has 0 radical (unpaired) electrons. The number of imide groups is 1. The molecule has 2 amide bonds. The number of aryl methyl sites for hydroxylation is 1. The van der Waals surface area contributed by atoms with Gasteiger partial charge in [-0.3, -0.25) is 19.9 Å². The smallest absolute Gasteiger partial charge is 0.343 e. The number of aromatic nitrogens is 2. The largest absolute Gasteiger partial charge is 0.358 e. The summed E-state index contributed by atoms with van der Waals surface area (Å²) >= 11 is 0. The third-order valence-corrected chi connectivity index (χ3v) is 6.45. The van der Waals surface area contributed by atoms with E-state index in [2.05, 4.69) is 22.4 Å². The Hall–Kier alpha value is -4.08. The van der Waals surface area contributed by atoms with Crippen molar-refractivity contribution < 1.29 is 14.5 Å². The van der Waals surface area contributed by atoms with Crippen LogP contribution in [0.3, 0.4) is 0 Å². The van der Waals surface area contributed by atoms with Crippen LogP contribution >= 0.6 is 0 Å². The van der Waals surface area contributed by atoms with E-state index in [1.165, 1.54) is 15.7 Å². The van der Waals surface area contributed by atoms with Crippen LogP contribution in [-0.4, -0.2) is 43.4 Å². The molecule has 2 heterocycles. The summed E-state index contributed by atoms with van der Waals surface area (Å²) < 4.78 is 1.48. The van der Waals surface area contributed by atoms with Gasteiger partial charge in [0.15, 0.2) is 5.82 Å². The van der Waals surface area contributed by atoms with E-state index in [9.17, 15) is 19.7 Å². The van der Waals surface area contributed by atoms with Crippen LogP contribution < -0.4 is 5.43 Å². The molecule has 0 unspecified atom stereocenters. The van der Waals surface area contributed by atoms with E-state index < -0.39 is 4.92 Å². The molecule has 0 atom stereocenters. The number of anilines is 1. The molecule has 0 aliphatic carbocycles. The van der Waals surface area contributed by atoms with Gasteiger partial charge in [0.1, 0.15) is 12.7 Å². The molecule has 1 N–H and O–H groups in total. The van der Waals surface area contributed by atoms with Gasteiger partial charge in [-0.2, -0.15) is 5.10 Å².